The summed E-state index contributed by atoms with van der Waals surface area (Å²) >= 11 is 5.93. The minimum Gasteiger partial charge on any atom is -0.0843 e. The second-order valence-electron chi connectivity index (χ2n) is 4.79. The first kappa shape index (κ1) is 13.6. The van der Waals surface area contributed by atoms with E-state index in [-0.39, 0.29) is 0 Å². The van der Waals surface area contributed by atoms with Gasteiger partial charge >= 0.3 is 0 Å². The van der Waals surface area contributed by atoms with Gasteiger partial charge in [0.25, 0.3) is 0 Å². The van der Waals surface area contributed by atoms with Gasteiger partial charge in [-0.15, -0.1) is 0 Å². The number of hydrogen-bond donors (Lipinski definition) is 0. The molecule has 0 amide bonds. The van der Waals surface area contributed by atoms with Crippen LogP contribution in [0.3, 0.4) is 0 Å². The molecule has 0 bridgehead atoms. The summed E-state index contributed by atoms with van der Waals surface area (Å²) in [5, 5.41) is 0.836. The summed E-state index contributed by atoms with van der Waals surface area (Å²) in [6, 6.07) is 8.39. The van der Waals surface area contributed by atoms with Crippen molar-refractivity contribution in [3.05, 3.63) is 34.9 Å². The molecule has 2 atom stereocenters. The smallest absolute Gasteiger partial charge is 0.0406 e. The highest BCUT2D eigenvalue weighted by Gasteiger charge is 2.13. The third-order valence-electron chi connectivity index (χ3n) is 3.36. The summed E-state index contributed by atoms with van der Waals surface area (Å²) < 4.78 is 0. The molecule has 0 aromatic heterocycles. The predicted octanol–water partition coefficient (Wildman–Crippen LogP) is 5.66. The van der Waals surface area contributed by atoms with Crippen molar-refractivity contribution in [2.75, 3.05) is 0 Å². The highest BCUT2D eigenvalue weighted by molar-refractivity contribution is 6.30. The molecule has 0 aliphatic rings. The van der Waals surface area contributed by atoms with Crippen molar-refractivity contribution in [2.24, 2.45) is 5.92 Å². The molecular weight excluding hydrogens is 216 g/mol. The molecule has 1 aromatic carbocycles. The SMILES string of the molecule is CCCC(CC(C)CC)c1ccc(Cl)cc1. The minimum atomic E-state index is 0.706. The first-order valence-corrected chi connectivity index (χ1v) is 6.80. The molecule has 0 radical (unpaired) electrons. The fourth-order valence-corrected chi connectivity index (χ4v) is 2.28. The van der Waals surface area contributed by atoms with E-state index in [4.69, 9.17) is 11.6 Å². The van der Waals surface area contributed by atoms with Crippen LogP contribution >= 0.6 is 11.6 Å². The van der Waals surface area contributed by atoms with Gasteiger partial charge < -0.3 is 0 Å². The molecule has 1 aromatic rings. The Hall–Kier alpha value is -0.490. The Morgan fingerprint density at radius 3 is 2.25 bits per heavy atom. The summed E-state index contributed by atoms with van der Waals surface area (Å²) in [6.45, 7) is 6.88. The van der Waals surface area contributed by atoms with E-state index in [0.29, 0.717) is 5.92 Å². The van der Waals surface area contributed by atoms with Gasteiger partial charge in [0.2, 0.25) is 0 Å². The molecule has 1 heteroatoms. The Labute approximate surface area is 105 Å². The van der Waals surface area contributed by atoms with Crippen LogP contribution in [-0.2, 0) is 0 Å². The van der Waals surface area contributed by atoms with Gasteiger partial charge in [0.05, 0.1) is 0 Å². The lowest BCUT2D eigenvalue weighted by Gasteiger charge is -2.20. The highest BCUT2D eigenvalue weighted by atomic mass is 35.5. The summed E-state index contributed by atoms with van der Waals surface area (Å²) in [5.74, 6) is 1.52. The summed E-state index contributed by atoms with van der Waals surface area (Å²) in [6.07, 6.45) is 5.11. The molecular formula is C15H23Cl. The molecule has 0 N–H and O–H groups in total. The average Bonchev–Trinajstić information content (AvgIpc) is 2.29. The number of halogens is 1. The molecule has 2 unspecified atom stereocenters. The van der Waals surface area contributed by atoms with Crippen LogP contribution < -0.4 is 0 Å². The molecule has 0 fully saturated rings. The van der Waals surface area contributed by atoms with Crippen LogP contribution in [0.4, 0.5) is 0 Å². The standard InChI is InChI=1S/C15H23Cl/c1-4-6-14(11-12(3)5-2)13-7-9-15(16)10-8-13/h7-10,12,14H,4-6,11H2,1-3H3. The van der Waals surface area contributed by atoms with E-state index >= 15 is 0 Å². The van der Waals surface area contributed by atoms with Crippen LogP contribution in [0.15, 0.2) is 24.3 Å². The van der Waals surface area contributed by atoms with E-state index in [2.05, 4.69) is 32.9 Å². The molecule has 0 aliphatic heterocycles. The second-order valence-corrected chi connectivity index (χ2v) is 5.22. The molecule has 0 saturated heterocycles. The first-order chi connectivity index (χ1) is 7.67. The zero-order valence-corrected chi connectivity index (χ0v) is 11.4. The Kier molecular flexibility index (Phi) is 5.90. The maximum atomic E-state index is 5.93. The van der Waals surface area contributed by atoms with Gasteiger partial charge in [-0.25, -0.2) is 0 Å². The lowest BCUT2D eigenvalue weighted by Crippen LogP contribution is -2.04. The van der Waals surface area contributed by atoms with Crippen molar-refractivity contribution >= 4 is 11.6 Å². The molecule has 0 heterocycles. The van der Waals surface area contributed by atoms with Gasteiger partial charge in [-0.05, 0) is 42.4 Å². The van der Waals surface area contributed by atoms with Gasteiger partial charge in [0.1, 0.15) is 0 Å². The highest BCUT2D eigenvalue weighted by Crippen LogP contribution is 2.30. The minimum absolute atomic E-state index is 0.706. The van der Waals surface area contributed by atoms with Gasteiger partial charge in [-0.3, -0.25) is 0 Å². The number of hydrogen-bond acceptors (Lipinski definition) is 0. The first-order valence-electron chi connectivity index (χ1n) is 6.42. The van der Waals surface area contributed by atoms with Gasteiger partial charge in [-0.2, -0.15) is 0 Å². The summed E-state index contributed by atoms with van der Waals surface area (Å²) in [5.41, 5.74) is 1.45. The topological polar surface area (TPSA) is 0 Å². The van der Waals surface area contributed by atoms with Crippen molar-refractivity contribution in [2.45, 2.75) is 52.4 Å². The van der Waals surface area contributed by atoms with Crippen LogP contribution in [0.5, 0.6) is 0 Å². The Morgan fingerprint density at radius 2 is 1.75 bits per heavy atom. The fraction of sp³-hybridized carbons (Fsp3) is 0.600. The van der Waals surface area contributed by atoms with Crippen molar-refractivity contribution in [3.8, 4) is 0 Å². The Balaban J connectivity index is 2.72. The fourth-order valence-electron chi connectivity index (χ4n) is 2.16. The van der Waals surface area contributed by atoms with Gasteiger partial charge in [-0.1, -0.05) is 57.3 Å². The largest absolute Gasteiger partial charge is 0.0843 e. The second kappa shape index (κ2) is 6.96. The number of benzene rings is 1. The van der Waals surface area contributed by atoms with Crippen LogP contribution in [0.25, 0.3) is 0 Å². The summed E-state index contributed by atoms with van der Waals surface area (Å²) in [7, 11) is 0. The predicted molar refractivity (Wildman–Crippen MR) is 73.2 cm³/mol. The normalized spacial score (nSPS) is 14.8. The van der Waals surface area contributed by atoms with Gasteiger partial charge in [0.15, 0.2) is 0 Å². The zero-order chi connectivity index (χ0) is 12.0. The molecule has 1 rings (SSSR count). The maximum Gasteiger partial charge on any atom is 0.0406 e. The lowest BCUT2D eigenvalue weighted by molar-refractivity contribution is 0.435. The van der Waals surface area contributed by atoms with Crippen LogP contribution in [0.1, 0.15) is 57.9 Å². The zero-order valence-electron chi connectivity index (χ0n) is 10.7. The van der Waals surface area contributed by atoms with E-state index in [0.717, 1.165) is 10.9 Å². The van der Waals surface area contributed by atoms with Crippen LogP contribution in [-0.4, -0.2) is 0 Å². The summed E-state index contributed by atoms with van der Waals surface area (Å²) in [4.78, 5) is 0. The monoisotopic (exact) mass is 238 g/mol. The third kappa shape index (κ3) is 4.17. The Bertz CT molecular complexity index is 289. The molecule has 16 heavy (non-hydrogen) atoms. The van der Waals surface area contributed by atoms with Crippen molar-refractivity contribution in [1.29, 1.82) is 0 Å². The van der Waals surface area contributed by atoms with Gasteiger partial charge in [0, 0.05) is 5.02 Å². The lowest BCUT2D eigenvalue weighted by atomic mass is 9.85. The van der Waals surface area contributed by atoms with E-state index in [1.54, 1.807) is 0 Å². The molecule has 0 spiro atoms. The third-order valence-corrected chi connectivity index (χ3v) is 3.61. The Morgan fingerprint density at radius 1 is 1.12 bits per heavy atom. The van der Waals surface area contributed by atoms with Crippen molar-refractivity contribution < 1.29 is 0 Å². The number of rotatable bonds is 6. The van der Waals surface area contributed by atoms with E-state index in [1.165, 1.54) is 31.2 Å². The van der Waals surface area contributed by atoms with E-state index in [9.17, 15) is 0 Å². The maximum absolute atomic E-state index is 5.93. The van der Waals surface area contributed by atoms with E-state index < -0.39 is 0 Å². The molecule has 0 aliphatic carbocycles. The van der Waals surface area contributed by atoms with Crippen molar-refractivity contribution in [3.63, 3.8) is 0 Å². The van der Waals surface area contributed by atoms with Crippen LogP contribution in [0.2, 0.25) is 5.02 Å². The quantitative estimate of drug-likeness (QED) is 0.600. The van der Waals surface area contributed by atoms with Crippen LogP contribution in [0, 0.1) is 5.92 Å². The van der Waals surface area contributed by atoms with E-state index in [1.807, 2.05) is 12.1 Å². The molecule has 0 nitrogen and oxygen atoms in total. The van der Waals surface area contributed by atoms with Crippen molar-refractivity contribution in [1.82, 2.24) is 0 Å². The average molecular weight is 239 g/mol. The molecule has 0 saturated carbocycles. The molecule has 90 valence electrons.